The number of thioether (sulfide) groups is 1. The second kappa shape index (κ2) is 5.46. The minimum atomic E-state index is 0.356. The summed E-state index contributed by atoms with van der Waals surface area (Å²) < 4.78 is 7.09. The number of halogens is 2. The van der Waals surface area contributed by atoms with Crippen LogP contribution in [0.5, 0.6) is 0 Å². The second-order valence-electron chi connectivity index (χ2n) is 4.31. The van der Waals surface area contributed by atoms with Crippen molar-refractivity contribution in [3.8, 4) is 11.5 Å². The Morgan fingerprint density at radius 2 is 2.21 bits per heavy atom. The zero-order valence-electron chi connectivity index (χ0n) is 9.90. The van der Waals surface area contributed by atoms with Gasteiger partial charge in [0.2, 0.25) is 0 Å². The summed E-state index contributed by atoms with van der Waals surface area (Å²) in [5.41, 5.74) is 7.41. The summed E-state index contributed by atoms with van der Waals surface area (Å²) in [5, 5.41) is 4.44. The van der Waals surface area contributed by atoms with E-state index < -0.39 is 0 Å². The van der Waals surface area contributed by atoms with E-state index in [1.54, 1.807) is 0 Å². The molecule has 1 atom stereocenters. The lowest BCUT2D eigenvalue weighted by Gasteiger charge is -2.04. The predicted octanol–water partition coefficient (Wildman–Crippen LogP) is 4.41. The van der Waals surface area contributed by atoms with E-state index in [-0.39, 0.29) is 0 Å². The van der Waals surface area contributed by atoms with Gasteiger partial charge < -0.3 is 10.3 Å². The Hall–Kier alpha value is -0.530. The van der Waals surface area contributed by atoms with Crippen LogP contribution in [0.3, 0.4) is 0 Å². The predicted molar refractivity (Wildman–Crippen MR) is 84.0 cm³/mol. The van der Waals surface area contributed by atoms with Gasteiger partial charge in [-0.25, -0.2) is 0 Å². The summed E-state index contributed by atoms with van der Waals surface area (Å²) in [4.78, 5) is 4.49. The van der Waals surface area contributed by atoms with E-state index in [1.807, 2.05) is 23.9 Å². The topological polar surface area (TPSA) is 64.9 Å². The van der Waals surface area contributed by atoms with Gasteiger partial charge in [-0.05, 0) is 46.7 Å². The molecule has 3 rings (SSSR count). The highest BCUT2D eigenvalue weighted by Gasteiger charge is 2.24. The first kappa shape index (κ1) is 13.5. The van der Waals surface area contributed by atoms with Crippen molar-refractivity contribution in [1.82, 2.24) is 10.1 Å². The Bertz CT molecular complexity index is 611. The van der Waals surface area contributed by atoms with Gasteiger partial charge in [-0.15, -0.1) is 0 Å². The van der Waals surface area contributed by atoms with Crippen LogP contribution in [0.2, 0.25) is 0 Å². The quantitative estimate of drug-likeness (QED) is 0.750. The molecule has 19 heavy (non-hydrogen) atoms. The molecule has 1 aromatic carbocycles. The average molecular weight is 405 g/mol. The molecular weight excluding hydrogens is 394 g/mol. The Kier molecular flexibility index (Phi) is 3.86. The number of benzene rings is 1. The summed E-state index contributed by atoms with van der Waals surface area (Å²) >= 11 is 8.74. The van der Waals surface area contributed by atoms with E-state index >= 15 is 0 Å². The van der Waals surface area contributed by atoms with Crippen LogP contribution in [0.15, 0.2) is 25.6 Å². The molecule has 1 aromatic heterocycles. The lowest BCUT2D eigenvalue weighted by atomic mass is 10.2. The third-order valence-corrected chi connectivity index (χ3v) is 5.47. The van der Waals surface area contributed by atoms with Crippen LogP contribution >= 0.6 is 43.6 Å². The molecule has 2 N–H and O–H groups in total. The smallest absolute Gasteiger partial charge is 0.260 e. The maximum absolute atomic E-state index is 6.05. The van der Waals surface area contributed by atoms with Crippen molar-refractivity contribution in [2.45, 2.75) is 18.1 Å². The molecule has 1 fully saturated rings. The molecule has 1 saturated heterocycles. The molecule has 4 nitrogen and oxygen atoms in total. The van der Waals surface area contributed by atoms with Crippen molar-refractivity contribution in [3.63, 3.8) is 0 Å². The fraction of sp³-hybridized carbons (Fsp3) is 0.333. The normalized spacial score (nSPS) is 18.9. The molecule has 100 valence electrons. The minimum Gasteiger partial charge on any atom is -0.397 e. The number of aromatic nitrogens is 2. The molecule has 0 saturated carbocycles. The van der Waals surface area contributed by atoms with Gasteiger partial charge in [0.05, 0.1) is 16.5 Å². The SMILES string of the molecule is Nc1c(Br)cc(Br)cc1-c1nc(C2CCCS2)no1. The first-order valence-corrected chi connectivity index (χ1v) is 8.48. The van der Waals surface area contributed by atoms with Gasteiger partial charge in [-0.1, -0.05) is 21.1 Å². The third kappa shape index (κ3) is 2.68. The number of hydrogen-bond donors (Lipinski definition) is 1. The molecular formula is C12H11Br2N3OS. The molecule has 0 amide bonds. The largest absolute Gasteiger partial charge is 0.397 e. The lowest BCUT2D eigenvalue weighted by molar-refractivity contribution is 0.421. The van der Waals surface area contributed by atoms with E-state index in [0.717, 1.165) is 26.8 Å². The second-order valence-corrected chi connectivity index (χ2v) is 7.39. The van der Waals surface area contributed by atoms with Gasteiger partial charge in [0.1, 0.15) is 0 Å². The van der Waals surface area contributed by atoms with Crippen LogP contribution in [0.1, 0.15) is 23.9 Å². The van der Waals surface area contributed by atoms with E-state index in [1.165, 1.54) is 12.2 Å². The van der Waals surface area contributed by atoms with Gasteiger partial charge in [-0.2, -0.15) is 16.7 Å². The van der Waals surface area contributed by atoms with Crippen molar-refractivity contribution in [2.75, 3.05) is 11.5 Å². The first-order valence-electron chi connectivity index (χ1n) is 5.85. The summed E-state index contributed by atoms with van der Waals surface area (Å²) in [6.45, 7) is 0. The Morgan fingerprint density at radius 3 is 2.95 bits per heavy atom. The van der Waals surface area contributed by atoms with Crippen molar-refractivity contribution in [1.29, 1.82) is 0 Å². The average Bonchev–Trinajstić information content (AvgIpc) is 3.03. The van der Waals surface area contributed by atoms with Crippen LogP contribution in [0.4, 0.5) is 5.69 Å². The van der Waals surface area contributed by atoms with Crippen molar-refractivity contribution in [3.05, 3.63) is 26.9 Å². The molecule has 0 spiro atoms. The van der Waals surface area contributed by atoms with Gasteiger partial charge in [0, 0.05) is 8.95 Å². The van der Waals surface area contributed by atoms with Crippen LogP contribution in [-0.4, -0.2) is 15.9 Å². The van der Waals surface area contributed by atoms with Crippen molar-refractivity contribution < 1.29 is 4.52 Å². The van der Waals surface area contributed by atoms with Crippen LogP contribution < -0.4 is 5.73 Å². The standard InChI is InChI=1S/C12H11Br2N3OS/c13-6-4-7(10(15)8(14)5-6)12-16-11(17-18-12)9-2-1-3-19-9/h4-5,9H,1-3,15H2. The van der Waals surface area contributed by atoms with Crippen molar-refractivity contribution in [2.24, 2.45) is 0 Å². The van der Waals surface area contributed by atoms with E-state index in [4.69, 9.17) is 10.3 Å². The highest BCUT2D eigenvalue weighted by molar-refractivity contribution is 9.11. The zero-order valence-corrected chi connectivity index (χ0v) is 13.9. The van der Waals surface area contributed by atoms with Gasteiger partial charge in [0.15, 0.2) is 5.82 Å². The summed E-state index contributed by atoms with van der Waals surface area (Å²) in [5.74, 6) is 2.41. The highest BCUT2D eigenvalue weighted by atomic mass is 79.9. The molecule has 2 heterocycles. The number of rotatable bonds is 2. The summed E-state index contributed by atoms with van der Waals surface area (Å²) in [6.07, 6.45) is 2.32. The summed E-state index contributed by atoms with van der Waals surface area (Å²) in [6, 6.07) is 3.78. The fourth-order valence-electron chi connectivity index (χ4n) is 2.02. The maximum atomic E-state index is 6.05. The zero-order chi connectivity index (χ0) is 13.4. The number of nitrogens with zero attached hydrogens (tertiary/aromatic N) is 2. The molecule has 1 aliphatic rings. The molecule has 0 radical (unpaired) electrons. The number of hydrogen-bond acceptors (Lipinski definition) is 5. The van der Waals surface area contributed by atoms with E-state index in [2.05, 4.69) is 42.0 Å². The van der Waals surface area contributed by atoms with Gasteiger partial charge >= 0.3 is 0 Å². The van der Waals surface area contributed by atoms with Crippen LogP contribution in [0, 0.1) is 0 Å². The van der Waals surface area contributed by atoms with Gasteiger partial charge in [-0.3, -0.25) is 0 Å². The molecule has 0 bridgehead atoms. The Labute approximate surface area is 131 Å². The molecule has 0 aliphatic carbocycles. The fourth-order valence-corrected chi connectivity index (χ4v) is 4.44. The maximum Gasteiger partial charge on any atom is 0.260 e. The number of nitrogen functional groups attached to an aromatic ring is 1. The molecule has 7 heteroatoms. The number of anilines is 1. The molecule has 1 unspecified atom stereocenters. The first-order chi connectivity index (χ1) is 9.15. The number of nitrogens with two attached hydrogens (primary N) is 1. The van der Waals surface area contributed by atoms with Crippen molar-refractivity contribution >= 4 is 49.3 Å². The summed E-state index contributed by atoms with van der Waals surface area (Å²) in [7, 11) is 0. The lowest BCUT2D eigenvalue weighted by Crippen LogP contribution is -1.94. The Morgan fingerprint density at radius 1 is 1.37 bits per heavy atom. The van der Waals surface area contributed by atoms with Crippen LogP contribution in [-0.2, 0) is 0 Å². The monoisotopic (exact) mass is 403 g/mol. The van der Waals surface area contributed by atoms with E-state index in [9.17, 15) is 0 Å². The van der Waals surface area contributed by atoms with Gasteiger partial charge in [0.25, 0.3) is 5.89 Å². The highest BCUT2D eigenvalue weighted by Crippen LogP contribution is 2.40. The van der Waals surface area contributed by atoms with E-state index in [0.29, 0.717) is 16.8 Å². The molecule has 1 aliphatic heterocycles. The van der Waals surface area contributed by atoms with Crippen LogP contribution in [0.25, 0.3) is 11.5 Å². The minimum absolute atomic E-state index is 0.356. The third-order valence-electron chi connectivity index (χ3n) is 2.98. The molecule has 2 aromatic rings. The Balaban J connectivity index is 1.98.